The van der Waals surface area contributed by atoms with Crippen molar-refractivity contribution < 1.29 is 19.4 Å². The molecule has 5 heteroatoms. The normalized spacial score (nSPS) is 9.89. The van der Waals surface area contributed by atoms with Crippen LogP contribution in [0.5, 0.6) is 5.95 Å². The van der Waals surface area contributed by atoms with Crippen LogP contribution in [0.4, 0.5) is 0 Å². The molecule has 1 aromatic rings. The van der Waals surface area contributed by atoms with Crippen molar-refractivity contribution in [3.05, 3.63) is 6.20 Å². The van der Waals surface area contributed by atoms with E-state index in [1.807, 2.05) is 0 Å². The highest BCUT2D eigenvalue weighted by Crippen LogP contribution is 1.91. The Bertz CT molecular complexity index is 186. The fourth-order valence-corrected chi connectivity index (χ4v) is 0.469. The molecule has 0 aromatic carbocycles. The van der Waals surface area contributed by atoms with E-state index in [2.05, 4.69) is 9.79 Å². The molecule has 1 heterocycles. The topological polar surface area (TPSA) is 73.2 Å². The first-order chi connectivity index (χ1) is 4.33. The molecule has 0 saturated carbocycles. The molecule has 0 unspecified atom stereocenters. The Morgan fingerprint density at radius 1 is 1.89 bits per heavy atom. The molecule has 1 aromatic heterocycles. The third kappa shape index (κ3) is 1.39. The molecule has 1 rings (SSSR count). The molecule has 50 valence electrons. The Hall–Kier alpha value is -1.10. The fraction of sp³-hybridized carbons (Fsp3) is 0.500. The van der Waals surface area contributed by atoms with Crippen LogP contribution in [0.1, 0.15) is 0 Å². The fourth-order valence-electron chi connectivity index (χ4n) is 0.469. The van der Waals surface area contributed by atoms with Crippen molar-refractivity contribution in [2.75, 3.05) is 6.61 Å². The predicted octanol–water partition coefficient (Wildman–Crippen LogP) is -1.97. The molecular weight excluding hydrogens is 124 g/mol. The average molecular weight is 130 g/mol. The maximum atomic E-state index is 10.2. The summed E-state index contributed by atoms with van der Waals surface area (Å²) in [6.45, 7) is 0.252. The molecule has 0 aliphatic rings. The van der Waals surface area contributed by atoms with Gasteiger partial charge in [0.2, 0.25) is 6.20 Å². The molecule has 1 N–H and O–H groups in total. The summed E-state index contributed by atoms with van der Waals surface area (Å²) in [4.78, 5) is 0. The third-order valence-electron chi connectivity index (χ3n) is 0.819. The predicted molar refractivity (Wildman–Crippen MR) is 23.2 cm³/mol. The Balaban J connectivity index is 2.61. The highest BCUT2D eigenvalue weighted by atomic mass is 16.6. The maximum absolute atomic E-state index is 10.2. The van der Waals surface area contributed by atoms with E-state index in [0.717, 1.165) is 0 Å². The SMILES string of the molecule is [O-]c1c[n+](CCO)no1. The molecule has 0 radical (unpaired) electrons. The van der Waals surface area contributed by atoms with Crippen molar-refractivity contribution >= 4 is 0 Å². The van der Waals surface area contributed by atoms with E-state index in [1.54, 1.807) is 0 Å². The smallest absolute Gasteiger partial charge is 0.221 e. The van der Waals surface area contributed by atoms with Crippen molar-refractivity contribution in [2.45, 2.75) is 6.54 Å². The third-order valence-corrected chi connectivity index (χ3v) is 0.819. The van der Waals surface area contributed by atoms with Gasteiger partial charge in [-0.15, -0.1) is 0 Å². The number of hydrogen-bond acceptors (Lipinski definition) is 4. The van der Waals surface area contributed by atoms with Crippen LogP contribution in [0.15, 0.2) is 10.7 Å². The Morgan fingerprint density at radius 2 is 2.67 bits per heavy atom. The summed E-state index contributed by atoms with van der Waals surface area (Å²) in [5.41, 5.74) is 0. The van der Waals surface area contributed by atoms with Gasteiger partial charge in [0, 0.05) is 0 Å². The van der Waals surface area contributed by atoms with Crippen molar-refractivity contribution in [1.82, 2.24) is 5.27 Å². The summed E-state index contributed by atoms with van der Waals surface area (Å²) in [5, 5.41) is 21.8. The zero-order chi connectivity index (χ0) is 6.69. The lowest BCUT2D eigenvalue weighted by molar-refractivity contribution is -0.763. The number of aliphatic hydroxyl groups is 1. The van der Waals surface area contributed by atoms with E-state index in [4.69, 9.17) is 5.11 Å². The Morgan fingerprint density at radius 3 is 3.11 bits per heavy atom. The molecule has 0 amide bonds. The van der Waals surface area contributed by atoms with E-state index in [9.17, 15) is 5.11 Å². The first kappa shape index (κ1) is 6.03. The Labute approximate surface area is 51.1 Å². The zero-order valence-electron chi connectivity index (χ0n) is 4.65. The van der Waals surface area contributed by atoms with Gasteiger partial charge >= 0.3 is 0 Å². The van der Waals surface area contributed by atoms with Crippen LogP contribution in [-0.2, 0) is 6.54 Å². The van der Waals surface area contributed by atoms with Gasteiger partial charge in [-0.2, -0.15) is 0 Å². The van der Waals surface area contributed by atoms with E-state index in [-0.39, 0.29) is 6.61 Å². The first-order valence-electron chi connectivity index (χ1n) is 2.47. The van der Waals surface area contributed by atoms with Gasteiger partial charge in [0.15, 0.2) is 6.54 Å². The van der Waals surface area contributed by atoms with Crippen molar-refractivity contribution in [3.63, 3.8) is 0 Å². The molecule has 0 aliphatic carbocycles. The van der Waals surface area contributed by atoms with Crippen LogP contribution in [0, 0.1) is 0 Å². The number of nitrogens with zero attached hydrogens (tertiary/aromatic N) is 2. The molecule has 0 bridgehead atoms. The number of aromatic nitrogens is 2. The molecule has 5 nitrogen and oxygen atoms in total. The highest BCUT2D eigenvalue weighted by molar-refractivity contribution is 4.80. The lowest BCUT2D eigenvalue weighted by Crippen LogP contribution is -2.36. The van der Waals surface area contributed by atoms with Gasteiger partial charge in [-0.05, 0) is 0 Å². The van der Waals surface area contributed by atoms with Crippen LogP contribution in [-0.4, -0.2) is 17.0 Å². The molecule has 0 spiro atoms. The van der Waals surface area contributed by atoms with Crippen molar-refractivity contribution in [2.24, 2.45) is 0 Å². The van der Waals surface area contributed by atoms with Crippen molar-refractivity contribution in [1.29, 1.82) is 0 Å². The maximum Gasteiger partial charge on any atom is 0.221 e. The van der Waals surface area contributed by atoms with Gasteiger partial charge in [0.1, 0.15) is 12.6 Å². The van der Waals surface area contributed by atoms with E-state index < -0.39 is 5.95 Å². The monoisotopic (exact) mass is 130 g/mol. The molecule has 0 saturated heterocycles. The first-order valence-corrected chi connectivity index (χ1v) is 2.47. The molecule has 9 heavy (non-hydrogen) atoms. The second kappa shape index (κ2) is 2.45. The molecular formula is C4H6N2O3. The standard InChI is InChI=1S/C4H6N2O3/c7-2-1-6-3-4(8)9-5-6/h3,7H,1-2H2. The second-order valence-corrected chi connectivity index (χ2v) is 1.51. The van der Waals surface area contributed by atoms with Gasteiger partial charge in [-0.25, -0.2) is 0 Å². The quantitative estimate of drug-likeness (QED) is 0.471. The van der Waals surface area contributed by atoms with E-state index >= 15 is 0 Å². The minimum Gasteiger partial charge on any atom is -0.539 e. The van der Waals surface area contributed by atoms with Gasteiger partial charge in [-0.3, -0.25) is 0 Å². The summed E-state index contributed by atoms with van der Waals surface area (Å²) >= 11 is 0. The highest BCUT2D eigenvalue weighted by Gasteiger charge is 1.99. The molecule has 0 fully saturated rings. The Kier molecular flexibility index (Phi) is 1.64. The summed E-state index contributed by atoms with van der Waals surface area (Å²) in [7, 11) is 0. The minimum absolute atomic E-state index is 0.0450. The summed E-state index contributed by atoms with van der Waals surface area (Å²) < 4.78 is 5.40. The van der Waals surface area contributed by atoms with Crippen molar-refractivity contribution in [3.8, 4) is 5.95 Å². The number of aliphatic hydroxyl groups excluding tert-OH is 1. The molecule has 0 aliphatic heterocycles. The lowest BCUT2D eigenvalue weighted by Gasteiger charge is -1.78. The summed E-state index contributed by atoms with van der Waals surface area (Å²) in [6, 6.07) is 0. The van der Waals surface area contributed by atoms with Crippen LogP contribution in [0.25, 0.3) is 0 Å². The molecule has 0 atom stereocenters. The number of hydrogen-bond donors (Lipinski definition) is 1. The van der Waals surface area contributed by atoms with E-state index in [0.29, 0.717) is 6.54 Å². The van der Waals surface area contributed by atoms with E-state index in [1.165, 1.54) is 10.9 Å². The van der Waals surface area contributed by atoms with Gasteiger partial charge in [0.05, 0.1) is 5.27 Å². The van der Waals surface area contributed by atoms with Gasteiger partial charge in [0.25, 0.3) is 0 Å². The van der Waals surface area contributed by atoms with Crippen LogP contribution >= 0.6 is 0 Å². The summed E-state index contributed by atoms with van der Waals surface area (Å²) in [6.07, 6.45) is 1.18. The van der Waals surface area contributed by atoms with Crippen LogP contribution in [0.3, 0.4) is 0 Å². The summed E-state index contributed by atoms with van der Waals surface area (Å²) in [5.74, 6) is -0.497. The lowest BCUT2D eigenvalue weighted by atomic mass is 10.7. The van der Waals surface area contributed by atoms with Crippen LogP contribution < -0.4 is 9.79 Å². The number of rotatable bonds is 2. The second-order valence-electron chi connectivity index (χ2n) is 1.51. The van der Waals surface area contributed by atoms with Gasteiger partial charge < -0.3 is 14.7 Å². The van der Waals surface area contributed by atoms with Crippen LogP contribution in [0.2, 0.25) is 0 Å². The largest absolute Gasteiger partial charge is 0.539 e. The minimum atomic E-state index is -0.497. The van der Waals surface area contributed by atoms with Gasteiger partial charge in [-0.1, -0.05) is 4.68 Å². The zero-order valence-corrected chi connectivity index (χ0v) is 4.65. The average Bonchev–Trinajstić information content (AvgIpc) is 2.17.